The molecule has 9 nitrogen and oxygen atoms in total. The summed E-state index contributed by atoms with van der Waals surface area (Å²) in [5, 5.41) is 2.69. The molecule has 1 amide bonds. The number of hydrogen-bond donors (Lipinski definition) is 0. The molecule has 0 unspecified atom stereocenters. The van der Waals surface area contributed by atoms with Gasteiger partial charge in [-0.2, -0.15) is 0 Å². The SMILES string of the molecule is CCC1=C(C(=O)OC)[C@@H](c2cccc(OC)c2OC)N2C(CC(=O)N3CCN(C)CC3)=CSC2=N1. The summed E-state index contributed by atoms with van der Waals surface area (Å²) in [5.74, 6) is 0.690. The Hall–Kier alpha value is -2.98. The Morgan fingerprint density at radius 1 is 1.11 bits per heavy atom. The van der Waals surface area contributed by atoms with E-state index < -0.39 is 12.0 Å². The molecule has 0 saturated carbocycles. The van der Waals surface area contributed by atoms with E-state index >= 15 is 0 Å². The number of para-hydroxylation sites is 1. The normalized spacial score (nSPS) is 20.3. The van der Waals surface area contributed by atoms with Crippen LogP contribution in [0.25, 0.3) is 0 Å². The highest BCUT2D eigenvalue weighted by Crippen LogP contribution is 2.49. The molecule has 0 spiro atoms. The third-order valence-corrected chi connectivity index (χ3v) is 7.43. The second kappa shape index (κ2) is 10.7. The number of thioether (sulfide) groups is 1. The topological polar surface area (TPSA) is 83.9 Å². The first-order chi connectivity index (χ1) is 16.9. The Labute approximate surface area is 210 Å². The molecule has 35 heavy (non-hydrogen) atoms. The highest BCUT2D eigenvalue weighted by Gasteiger charge is 2.43. The van der Waals surface area contributed by atoms with Gasteiger partial charge in [-0.25, -0.2) is 9.79 Å². The van der Waals surface area contributed by atoms with Crippen molar-refractivity contribution in [3.05, 3.63) is 46.1 Å². The second-order valence-electron chi connectivity index (χ2n) is 8.54. The van der Waals surface area contributed by atoms with Crippen molar-refractivity contribution in [2.75, 3.05) is 54.6 Å². The maximum absolute atomic E-state index is 13.2. The van der Waals surface area contributed by atoms with Crippen molar-refractivity contribution >= 4 is 28.8 Å². The van der Waals surface area contributed by atoms with Gasteiger partial charge in [0.2, 0.25) is 5.91 Å². The summed E-state index contributed by atoms with van der Waals surface area (Å²) in [6.07, 6.45) is 0.773. The fraction of sp³-hybridized carbons (Fsp3) is 0.480. The van der Waals surface area contributed by atoms with Crippen LogP contribution in [0.2, 0.25) is 0 Å². The summed E-state index contributed by atoms with van der Waals surface area (Å²) < 4.78 is 16.5. The number of fused-ring (bicyclic) bond motifs is 1. The summed E-state index contributed by atoms with van der Waals surface area (Å²) >= 11 is 1.46. The Balaban J connectivity index is 1.77. The van der Waals surface area contributed by atoms with Gasteiger partial charge in [0, 0.05) is 37.4 Å². The molecule has 0 radical (unpaired) electrons. The summed E-state index contributed by atoms with van der Waals surface area (Å²) in [6.45, 7) is 5.08. The average molecular weight is 501 g/mol. The zero-order chi connectivity index (χ0) is 25.1. The van der Waals surface area contributed by atoms with Gasteiger partial charge in [0.05, 0.1) is 45.1 Å². The van der Waals surface area contributed by atoms with Crippen LogP contribution < -0.4 is 9.47 Å². The summed E-state index contributed by atoms with van der Waals surface area (Å²) in [6, 6.07) is 5.02. The van der Waals surface area contributed by atoms with E-state index in [1.54, 1.807) is 14.2 Å². The van der Waals surface area contributed by atoms with Crippen LogP contribution in [-0.4, -0.2) is 86.3 Å². The number of piperazine rings is 1. The number of esters is 1. The highest BCUT2D eigenvalue weighted by molar-refractivity contribution is 8.16. The molecule has 0 aromatic heterocycles. The molecular weight excluding hydrogens is 468 g/mol. The first kappa shape index (κ1) is 25.1. The lowest BCUT2D eigenvalue weighted by Crippen LogP contribution is -2.47. The summed E-state index contributed by atoms with van der Waals surface area (Å²) in [4.78, 5) is 37.2. The first-order valence-electron chi connectivity index (χ1n) is 11.7. The Morgan fingerprint density at radius 3 is 2.49 bits per heavy atom. The molecular formula is C25H32N4O5S. The number of rotatable bonds is 7. The molecule has 188 valence electrons. The average Bonchev–Trinajstić information content (AvgIpc) is 3.28. The Morgan fingerprint density at radius 2 is 1.86 bits per heavy atom. The van der Waals surface area contributed by atoms with Gasteiger partial charge in [-0.3, -0.25) is 4.79 Å². The van der Waals surface area contributed by atoms with Crippen LogP contribution in [0.3, 0.4) is 0 Å². The number of allylic oxidation sites excluding steroid dienone is 1. The van der Waals surface area contributed by atoms with E-state index in [0.29, 0.717) is 42.3 Å². The first-order valence-corrected chi connectivity index (χ1v) is 12.5. The van der Waals surface area contributed by atoms with E-state index in [4.69, 9.17) is 19.2 Å². The molecule has 1 fully saturated rings. The van der Waals surface area contributed by atoms with Gasteiger partial charge in [-0.15, -0.1) is 0 Å². The zero-order valence-corrected chi connectivity index (χ0v) is 21.7. The third-order valence-electron chi connectivity index (χ3n) is 6.55. The van der Waals surface area contributed by atoms with Gasteiger partial charge >= 0.3 is 5.97 Å². The number of amides is 1. The quantitative estimate of drug-likeness (QED) is 0.529. The molecule has 1 atom stereocenters. The predicted molar refractivity (Wildman–Crippen MR) is 135 cm³/mol. The van der Waals surface area contributed by atoms with Crippen molar-refractivity contribution in [1.29, 1.82) is 0 Å². The van der Waals surface area contributed by atoms with Crippen molar-refractivity contribution in [2.45, 2.75) is 25.8 Å². The van der Waals surface area contributed by atoms with Crippen LogP contribution in [0.1, 0.15) is 31.4 Å². The number of likely N-dealkylation sites (N-methyl/N-ethyl adjacent to an activating group) is 1. The van der Waals surface area contributed by atoms with Crippen LogP contribution in [0, 0.1) is 0 Å². The molecule has 10 heteroatoms. The Kier molecular flexibility index (Phi) is 7.71. The standard InChI is InChI=1S/C25H32N4O5S/c1-6-18-21(24(31)34-5)22(17-8-7-9-19(32-3)23(17)33-4)29-16(15-35-25(29)26-18)14-20(30)28-12-10-27(2)11-13-28/h7-9,15,22H,6,10-14H2,1-5H3/t22-/m1/s1. The number of ether oxygens (including phenoxy) is 3. The molecule has 1 aromatic rings. The van der Waals surface area contributed by atoms with E-state index in [1.807, 2.05) is 40.3 Å². The lowest BCUT2D eigenvalue weighted by atomic mass is 9.92. The number of amidine groups is 1. The predicted octanol–water partition coefficient (Wildman–Crippen LogP) is 3.01. The monoisotopic (exact) mass is 500 g/mol. The fourth-order valence-electron chi connectivity index (χ4n) is 4.66. The van der Waals surface area contributed by atoms with Gasteiger partial charge in [0.1, 0.15) is 0 Å². The summed E-state index contributed by atoms with van der Waals surface area (Å²) in [7, 11) is 6.59. The van der Waals surface area contributed by atoms with Crippen LogP contribution in [0.5, 0.6) is 11.5 Å². The van der Waals surface area contributed by atoms with Crippen molar-refractivity contribution in [2.24, 2.45) is 4.99 Å². The number of benzene rings is 1. The maximum Gasteiger partial charge on any atom is 0.338 e. The molecule has 3 aliphatic rings. The number of aliphatic imine (C=N–C) groups is 1. The van der Waals surface area contributed by atoms with E-state index in [1.165, 1.54) is 18.9 Å². The lowest BCUT2D eigenvalue weighted by molar-refractivity contribution is -0.136. The van der Waals surface area contributed by atoms with Gasteiger partial charge in [0.15, 0.2) is 16.7 Å². The smallest absolute Gasteiger partial charge is 0.338 e. The van der Waals surface area contributed by atoms with Crippen LogP contribution in [-0.2, 0) is 14.3 Å². The summed E-state index contributed by atoms with van der Waals surface area (Å²) in [5.41, 5.74) is 2.63. The third kappa shape index (κ3) is 4.77. The van der Waals surface area contributed by atoms with Crippen molar-refractivity contribution in [1.82, 2.24) is 14.7 Å². The number of nitrogens with zero attached hydrogens (tertiary/aromatic N) is 4. The van der Waals surface area contributed by atoms with E-state index in [-0.39, 0.29) is 12.3 Å². The van der Waals surface area contributed by atoms with Crippen molar-refractivity contribution < 1.29 is 23.8 Å². The number of hydrogen-bond acceptors (Lipinski definition) is 9. The van der Waals surface area contributed by atoms with Crippen molar-refractivity contribution in [3.63, 3.8) is 0 Å². The molecule has 4 rings (SSSR count). The van der Waals surface area contributed by atoms with Gasteiger partial charge in [-0.1, -0.05) is 30.8 Å². The van der Waals surface area contributed by atoms with Crippen molar-refractivity contribution in [3.8, 4) is 11.5 Å². The second-order valence-corrected chi connectivity index (χ2v) is 9.38. The lowest BCUT2D eigenvalue weighted by Gasteiger charge is -2.38. The zero-order valence-electron chi connectivity index (χ0n) is 20.9. The van der Waals surface area contributed by atoms with E-state index in [9.17, 15) is 9.59 Å². The van der Waals surface area contributed by atoms with Crippen LogP contribution >= 0.6 is 11.8 Å². The minimum Gasteiger partial charge on any atom is -0.493 e. The fourth-order valence-corrected chi connectivity index (χ4v) is 5.59. The molecule has 0 bridgehead atoms. The molecule has 0 aliphatic carbocycles. The van der Waals surface area contributed by atoms with E-state index in [2.05, 4.69) is 11.9 Å². The van der Waals surface area contributed by atoms with E-state index in [0.717, 1.165) is 29.5 Å². The maximum atomic E-state index is 13.2. The molecule has 3 aliphatic heterocycles. The van der Waals surface area contributed by atoms with Gasteiger partial charge < -0.3 is 28.9 Å². The molecule has 1 saturated heterocycles. The number of carbonyl (C=O) groups is 2. The van der Waals surface area contributed by atoms with Crippen LogP contribution in [0.4, 0.5) is 0 Å². The number of methoxy groups -OCH3 is 3. The Bertz CT molecular complexity index is 1090. The minimum atomic E-state index is -0.573. The van der Waals surface area contributed by atoms with Gasteiger partial charge in [-0.05, 0) is 24.9 Å². The molecule has 0 N–H and O–H groups in total. The highest BCUT2D eigenvalue weighted by atomic mass is 32.2. The largest absolute Gasteiger partial charge is 0.493 e. The molecule has 3 heterocycles. The van der Waals surface area contributed by atoms with Gasteiger partial charge in [0.25, 0.3) is 0 Å². The molecule has 1 aromatic carbocycles. The minimum absolute atomic E-state index is 0.0624. The number of carbonyl (C=O) groups excluding carboxylic acids is 2. The van der Waals surface area contributed by atoms with Crippen LogP contribution in [0.15, 0.2) is 45.6 Å².